The maximum absolute atomic E-state index is 12.6. The number of thioether (sulfide) groups is 1. The van der Waals surface area contributed by atoms with Crippen LogP contribution < -0.4 is 5.32 Å². The summed E-state index contributed by atoms with van der Waals surface area (Å²) in [4.78, 5) is 30.1. The van der Waals surface area contributed by atoms with Crippen molar-refractivity contribution < 1.29 is 14.1 Å². The van der Waals surface area contributed by atoms with Crippen LogP contribution in [0.15, 0.2) is 34.9 Å². The van der Waals surface area contributed by atoms with Crippen molar-refractivity contribution in [3.63, 3.8) is 0 Å². The van der Waals surface area contributed by atoms with Gasteiger partial charge in [0.15, 0.2) is 0 Å². The van der Waals surface area contributed by atoms with Crippen LogP contribution in [0.5, 0.6) is 0 Å². The molecule has 8 heteroatoms. The van der Waals surface area contributed by atoms with Crippen molar-refractivity contribution in [1.82, 2.24) is 20.4 Å². The maximum atomic E-state index is 12.6. The molecule has 2 aromatic rings. The number of benzene rings is 1. The van der Waals surface area contributed by atoms with Gasteiger partial charge in [-0.3, -0.25) is 9.69 Å². The van der Waals surface area contributed by atoms with Crippen LogP contribution in [0.4, 0.5) is 4.79 Å². The number of hydrogen-bond acceptors (Lipinski definition) is 6. The first-order valence-electron chi connectivity index (χ1n) is 7.28. The zero-order chi connectivity index (χ0) is 15.9. The summed E-state index contributed by atoms with van der Waals surface area (Å²) >= 11 is 1.67. The molecule has 4 rings (SSSR count). The second kappa shape index (κ2) is 5.38. The van der Waals surface area contributed by atoms with Gasteiger partial charge in [0.05, 0.1) is 0 Å². The molecule has 0 unspecified atom stereocenters. The molecule has 2 aliphatic rings. The van der Waals surface area contributed by atoms with Crippen LogP contribution in [0, 0.1) is 0 Å². The van der Waals surface area contributed by atoms with E-state index < -0.39 is 11.6 Å². The predicted octanol–water partition coefficient (Wildman–Crippen LogP) is 1.66. The molecular weight excluding hydrogens is 316 g/mol. The topological polar surface area (TPSA) is 88.3 Å². The zero-order valence-electron chi connectivity index (χ0n) is 12.2. The SMILES string of the molecule is O=C1N[C@@]2(CCSC2)C(=O)N1Cc1nc(-c2ccccc2)no1. The molecule has 1 aromatic heterocycles. The van der Waals surface area contributed by atoms with Gasteiger partial charge in [-0.15, -0.1) is 0 Å². The number of nitrogens with one attached hydrogen (secondary N) is 1. The molecule has 0 saturated carbocycles. The number of imide groups is 1. The van der Waals surface area contributed by atoms with Crippen LogP contribution >= 0.6 is 11.8 Å². The van der Waals surface area contributed by atoms with Crippen LogP contribution in [0.25, 0.3) is 11.4 Å². The molecule has 1 N–H and O–H groups in total. The van der Waals surface area contributed by atoms with Crippen molar-refractivity contribution in [2.75, 3.05) is 11.5 Å². The number of aromatic nitrogens is 2. The van der Waals surface area contributed by atoms with Gasteiger partial charge in [0.1, 0.15) is 12.1 Å². The number of nitrogens with zero attached hydrogens (tertiary/aromatic N) is 3. The maximum Gasteiger partial charge on any atom is 0.325 e. The fourth-order valence-electron chi connectivity index (χ4n) is 2.81. The Hall–Kier alpha value is -2.35. The summed E-state index contributed by atoms with van der Waals surface area (Å²) < 4.78 is 5.19. The Morgan fingerprint density at radius 1 is 1.30 bits per heavy atom. The van der Waals surface area contributed by atoms with Crippen LogP contribution in [-0.4, -0.2) is 44.0 Å². The van der Waals surface area contributed by atoms with Crippen LogP contribution in [-0.2, 0) is 11.3 Å². The highest BCUT2D eigenvalue weighted by molar-refractivity contribution is 7.99. The molecule has 3 heterocycles. The van der Waals surface area contributed by atoms with Crippen molar-refractivity contribution in [3.05, 3.63) is 36.2 Å². The Kier molecular flexibility index (Phi) is 3.33. The lowest BCUT2D eigenvalue weighted by Gasteiger charge is -2.18. The van der Waals surface area contributed by atoms with Crippen molar-refractivity contribution in [3.8, 4) is 11.4 Å². The Morgan fingerprint density at radius 2 is 2.13 bits per heavy atom. The number of carbonyl (C=O) groups excluding carboxylic acids is 2. The van der Waals surface area contributed by atoms with E-state index in [1.54, 1.807) is 11.8 Å². The van der Waals surface area contributed by atoms with E-state index in [1.165, 1.54) is 0 Å². The largest absolute Gasteiger partial charge is 0.337 e. The summed E-state index contributed by atoms with van der Waals surface area (Å²) in [5.74, 6) is 1.98. The lowest BCUT2D eigenvalue weighted by atomic mass is 9.99. The molecule has 118 valence electrons. The average molecular weight is 330 g/mol. The first-order chi connectivity index (χ1) is 11.2. The lowest BCUT2D eigenvalue weighted by Crippen LogP contribution is -2.46. The Labute approximate surface area is 136 Å². The molecule has 1 spiro atoms. The average Bonchev–Trinajstić information content (AvgIpc) is 3.27. The van der Waals surface area contributed by atoms with Crippen LogP contribution in [0.3, 0.4) is 0 Å². The van der Waals surface area contributed by atoms with E-state index in [4.69, 9.17) is 4.52 Å². The van der Waals surface area contributed by atoms with E-state index in [0.717, 1.165) is 16.2 Å². The van der Waals surface area contributed by atoms with Crippen molar-refractivity contribution in [2.24, 2.45) is 0 Å². The summed E-state index contributed by atoms with van der Waals surface area (Å²) in [5, 5.41) is 6.72. The van der Waals surface area contributed by atoms with Gasteiger partial charge in [-0.2, -0.15) is 16.7 Å². The third kappa shape index (κ3) is 2.39. The highest BCUT2D eigenvalue weighted by atomic mass is 32.2. The van der Waals surface area contributed by atoms with Gasteiger partial charge in [0, 0.05) is 11.3 Å². The molecule has 0 radical (unpaired) electrons. The van der Waals surface area contributed by atoms with E-state index in [1.807, 2.05) is 30.3 Å². The predicted molar refractivity (Wildman–Crippen MR) is 83.5 cm³/mol. The molecule has 2 saturated heterocycles. The van der Waals surface area contributed by atoms with E-state index >= 15 is 0 Å². The summed E-state index contributed by atoms with van der Waals surface area (Å²) in [6.07, 6.45) is 0.665. The van der Waals surface area contributed by atoms with E-state index in [-0.39, 0.29) is 18.3 Å². The van der Waals surface area contributed by atoms with E-state index in [0.29, 0.717) is 18.0 Å². The van der Waals surface area contributed by atoms with Gasteiger partial charge in [-0.1, -0.05) is 35.5 Å². The summed E-state index contributed by atoms with van der Waals surface area (Å²) in [6.45, 7) is -0.00306. The molecule has 2 fully saturated rings. The number of urea groups is 1. The molecule has 3 amide bonds. The summed E-state index contributed by atoms with van der Waals surface area (Å²) in [7, 11) is 0. The van der Waals surface area contributed by atoms with Crippen LogP contribution in [0.2, 0.25) is 0 Å². The second-order valence-corrected chi connectivity index (χ2v) is 6.69. The van der Waals surface area contributed by atoms with Gasteiger partial charge in [-0.25, -0.2) is 4.79 Å². The summed E-state index contributed by atoms with van der Waals surface area (Å²) in [5.41, 5.74) is 0.0766. The molecule has 2 aliphatic heterocycles. The van der Waals surface area contributed by atoms with Gasteiger partial charge in [-0.05, 0) is 12.2 Å². The Morgan fingerprint density at radius 3 is 2.87 bits per heavy atom. The minimum atomic E-state index is -0.746. The first kappa shape index (κ1) is 14.3. The number of amides is 3. The fraction of sp³-hybridized carbons (Fsp3) is 0.333. The second-order valence-electron chi connectivity index (χ2n) is 5.58. The zero-order valence-corrected chi connectivity index (χ0v) is 13.0. The summed E-state index contributed by atoms with van der Waals surface area (Å²) in [6, 6.07) is 9.00. The highest BCUT2D eigenvalue weighted by Gasteiger charge is 2.53. The first-order valence-corrected chi connectivity index (χ1v) is 8.43. The van der Waals surface area contributed by atoms with E-state index in [2.05, 4.69) is 15.5 Å². The van der Waals surface area contributed by atoms with Gasteiger partial charge in [0.2, 0.25) is 11.7 Å². The van der Waals surface area contributed by atoms with Gasteiger partial charge in [0.25, 0.3) is 5.91 Å². The minimum absolute atomic E-state index is 0.00306. The number of carbonyl (C=O) groups is 2. The fourth-order valence-corrected chi connectivity index (χ4v) is 4.14. The molecule has 0 bridgehead atoms. The molecule has 0 aliphatic carbocycles. The standard InChI is InChI=1S/C15H14N4O3S/c20-13-15(6-7-23-9-15)17-14(21)19(13)8-11-16-12(18-22-11)10-4-2-1-3-5-10/h1-5H,6-9H2,(H,17,21)/t15-/m1/s1. The third-order valence-electron chi connectivity index (χ3n) is 4.06. The number of rotatable bonds is 3. The van der Waals surface area contributed by atoms with Gasteiger partial charge < -0.3 is 9.84 Å². The van der Waals surface area contributed by atoms with E-state index in [9.17, 15) is 9.59 Å². The lowest BCUT2D eigenvalue weighted by molar-refractivity contribution is -0.131. The smallest absolute Gasteiger partial charge is 0.325 e. The quantitative estimate of drug-likeness (QED) is 0.861. The number of hydrogen-bond donors (Lipinski definition) is 1. The Bertz CT molecular complexity index is 755. The van der Waals surface area contributed by atoms with Crippen LogP contribution in [0.1, 0.15) is 12.3 Å². The van der Waals surface area contributed by atoms with Gasteiger partial charge >= 0.3 is 6.03 Å². The van der Waals surface area contributed by atoms with Crippen molar-refractivity contribution in [2.45, 2.75) is 18.5 Å². The molecule has 7 nitrogen and oxygen atoms in total. The monoisotopic (exact) mass is 330 g/mol. The molecule has 1 atom stereocenters. The Balaban J connectivity index is 1.54. The molecule has 1 aromatic carbocycles. The molecular formula is C15H14N4O3S. The third-order valence-corrected chi connectivity index (χ3v) is 5.25. The normalized spacial score (nSPS) is 23.7. The van der Waals surface area contributed by atoms with Crippen molar-refractivity contribution in [1.29, 1.82) is 0 Å². The molecule has 23 heavy (non-hydrogen) atoms. The van der Waals surface area contributed by atoms with Crippen molar-refractivity contribution >= 4 is 23.7 Å². The highest BCUT2D eigenvalue weighted by Crippen LogP contribution is 2.33. The minimum Gasteiger partial charge on any atom is -0.337 e.